The Morgan fingerprint density at radius 2 is 1.80 bits per heavy atom. The van der Waals surface area contributed by atoms with Crippen molar-refractivity contribution in [3.63, 3.8) is 0 Å². The number of benzene rings is 2. The summed E-state index contributed by atoms with van der Waals surface area (Å²) < 4.78 is 7.42. The molecule has 0 aliphatic carbocycles. The van der Waals surface area contributed by atoms with Crippen LogP contribution in [0.4, 0.5) is 0 Å². The van der Waals surface area contributed by atoms with Gasteiger partial charge in [-0.25, -0.2) is 0 Å². The predicted octanol–water partition coefficient (Wildman–Crippen LogP) is 6.20. The Hall–Kier alpha value is -0.610. The Labute approximate surface area is 234 Å². The van der Waals surface area contributed by atoms with Gasteiger partial charge in [0, 0.05) is 83.0 Å². The average Bonchev–Trinajstić information content (AvgIpc) is 2.87. The van der Waals surface area contributed by atoms with Gasteiger partial charge in [-0.1, -0.05) is 50.4 Å². The molecule has 35 heavy (non-hydrogen) atoms. The molecule has 0 unspecified atom stereocenters. The third-order valence-corrected chi connectivity index (χ3v) is 9.31. The maximum atomic E-state index is 12.9. The van der Waals surface area contributed by atoms with E-state index in [0.29, 0.717) is 23.2 Å². The maximum Gasteiger partial charge on any atom is 0.251 e. The summed E-state index contributed by atoms with van der Waals surface area (Å²) in [4.78, 5) is 19.2. The molecule has 0 spiro atoms. The summed E-state index contributed by atoms with van der Waals surface area (Å²) in [5.74, 6) is 0.865. The maximum absolute atomic E-state index is 12.9. The molecule has 1 N–H and O–H groups in total. The Morgan fingerprint density at radius 3 is 2.46 bits per heavy atom. The lowest BCUT2D eigenvalue weighted by atomic mass is 10.1. The van der Waals surface area contributed by atoms with Gasteiger partial charge in [-0.3, -0.25) is 14.6 Å². The molecule has 0 radical (unpaired) electrons. The summed E-state index contributed by atoms with van der Waals surface area (Å²) in [5, 5.41) is 3.73. The lowest BCUT2D eigenvalue weighted by molar-refractivity contribution is 0.0125. The van der Waals surface area contributed by atoms with Crippen LogP contribution in [0, 0.1) is 0 Å². The van der Waals surface area contributed by atoms with Crippen molar-refractivity contribution in [2.75, 3.05) is 45.1 Å². The van der Waals surface area contributed by atoms with Gasteiger partial charge in [-0.2, -0.15) is 0 Å². The highest BCUT2D eigenvalue weighted by Gasteiger charge is 2.26. The molecule has 2 aliphatic heterocycles. The molecule has 4 rings (SSSR count). The zero-order chi connectivity index (χ0) is 24.8. The Morgan fingerprint density at radius 1 is 1.11 bits per heavy atom. The fourth-order valence-electron chi connectivity index (χ4n) is 4.71. The Kier molecular flexibility index (Phi) is 10.4. The monoisotopic (exact) mass is 643 g/mol. The van der Waals surface area contributed by atoms with E-state index in [4.69, 9.17) is 16.3 Å². The summed E-state index contributed by atoms with van der Waals surface area (Å²) in [7, 11) is 0. The Balaban J connectivity index is 1.34. The molecule has 0 bridgehead atoms. The topological polar surface area (TPSA) is 44.8 Å². The number of nitrogens with one attached hydrogen (secondary N) is 1. The first-order chi connectivity index (χ1) is 16.9. The minimum absolute atomic E-state index is 0.101. The van der Waals surface area contributed by atoms with E-state index in [2.05, 4.69) is 53.9 Å². The molecule has 0 atom stereocenters. The van der Waals surface area contributed by atoms with E-state index in [0.717, 1.165) is 83.9 Å². The van der Waals surface area contributed by atoms with Crippen molar-refractivity contribution in [2.45, 2.75) is 43.8 Å². The molecular formula is C26H32Br2ClN3O2S. The molecule has 2 saturated heterocycles. The molecule has 190 valence electrons. The highest BCUT2D eigenvalue weighted by molar-refractivity contribution is 9.11. The van der Waals surface area contributed by atoms with Crippen LogP contribution in [0.2, 0.25) is 5.02 Å². The molecule has 9 heteroatoms. The number of hydrogen-bond donors (Lipinski definition) is 1. The Bertz CT molecular complexity index is 1000. The zero-order valence-corrected chi connectivity index (χ0v) is 24.7. The van der Waals surface area contributed by atoms with Crippen LogP contribution in [0.5, 0.6) is 0 Å². The van der Waals surface area contributed by atoms with E-state index in [-0.39, 0.29) is 5.91 Å². The second-order valence-electron chi connectivity index (χ2n) is 8.94. The fraction of sp³-hybridized carbons (Fsp3) is 0.500. The standard InChI is InChI=1S/C26H32Br2ClN3O2S/c1-2-35-25-4-3-20(29)13-19(25)16-30-26(33)18-14-23(27)22(24(28)15-18)17-31-7-9-32(10-8-31)21-5-11-34-12-6-21/h3-4,13-15,21H,2,5-12,16-17H2,1H3,(H,30,33). The SMILES string of the molecule is CCSc1ccc(Cl)cc1CNC(=O)c1cc(Br)c(CN2CCN(C3CCOCC3)CC2)c(Br)c1. The summed E-state index contributed by atoms with van der Waals surface area (Å²) in [6.07, 6.45) is 2.30. The molecule has 2 heterocycles. The smallest absolute Gasteiger partial charge is 0.251 e. The van der Waals surface area contributed by atoms with Crippen LogP contribution < -0.4 is 5.32 Å². The highest BCUT2D eigenvalue weighted by atomic mass is 79.9. The van der Waals surface area contributed by atoms with Crippen LogP contribution in [0.15, 0.2) is 44.2 Å². The zero-order valence-electron chi connectivity index (χ0n) is 20.0. The van der Waals surface area contributed by atoms with Crippen molar-refractivity contribution < 1.29 is 9.53 Å². The van der Waals surface area contributed by atoms with Gasteiger partial charge in [0.05, 0.1) is 0 Å². The number of amides is 1. The molecule has 5 nitrogen and oxygen atoms in total. The third-order valence-electron chi connectivity index (χ3n) is 6.66. The van der Waals surface area contributed by atoms with Crippen molar-refractivity contribution in [2.24, 2.45) is 0 Å². The largest absolute Gasteiger partial charge is 0.381 e. The summed E-state index contributed by atoms with van der Waals surface area (Å²) >= 11 is 15.4. The molecule has 2 fully saturated rings. The third kappa shape index (κ3) is 7.46. The first kappa shape index (κ1) is 27.4. The van der Waals surface area contributed by atoms with Gasteiger partial charge in [0.2, 0.25) is 0 Å². The van der Waals surface area contributed by atoms with E-state index in [9.17, 15) is 4.79 Å². The number of ether oxygens (including phenoxy) is 1. The fourth-order valence-corrected chi connectivity index (χ4v) is 7.13. The lowest BCUT2D eigenvalue weighted by Gasteiger charge is -2.40. The molecule has 1 amide bonds. The number of rotatable bonds is 8. The minimum Gasteiger partial charge on any atom is -0.381 e. The lowest BCUT2D eigenvalue weighted by Crippen LogP contribution is -2.51. The summed E-state index contributed by atoms with van der Waals surface area (Å²) in [5.41, 5.74) is 2.84. The van der Waals surface area contributed by atoms with Gasteiger partial charge in [0.25, 0.3) is 5.91 Å². The number of carbonyl (C=O) groups is 1. The van der Waals surface area contributed by atoms with Crippen molar-refractivity contribution in [1.29, 1.82) is 0 Å². The van der Waals surface area contributed by atoms with Crippen LogP contribution >= 0.6 is 55.2 Å². The van der Waals surface area contributed by atoms with Gasteiger partial charge in [-0.05, 0) is 60.1 Å². The first-order valence-corrected chi connectivity index (χ1v) is 15.1. The molecule has 2 aromatic carbocycles. The summed E-state index contributed by atoms with van der Waals surface area (Å²) in [6, 6.07) is 10.4. The highest BCUT2D eigenvalue weighted by Crippen LogP contribution is 2.30. The van der Waals surface area contributed by atoms with Gasteiger partial charge in [0.1, 0.15) is 0 Å². The van der Waals surface area contributed by atoms with Gasteiger partial charge in [-0.15, -0.1) is 11.8 Å². The number of piperazine rings is 1. The number of thioether (sulfide) groups is 1. The van der Waals surface area contributed by atoms with Crippen LogP contribution in [-0.2, 0) is 17.8 Å². The van der Waals surface area contributed by atoms with E-state index in [1.54, 1.807) is 11.8 Å². The van der Waals surface area contributed by atoms with E-state index in [1.165, 1.54) is 5.56 Å². The van der Waals surface area contributed by atoms with Crippen molar-refractivity contribution in [3.05, 3.63) is 61.0 Å². The molecule has 0 saturated carbocycles. The van der Waals surface area contributed by atoms with Gasteiger partial charge in [0.15, 0.2) is 0 Å². The number of halogens is 3. The predicted molar refractivity (Wildman–Crippen MR) is 152 cm³/mol. The van der Waals surface area contributed by atoms with E-state index in [1.807, 2.05) is 30.3 Å². The second-order valence-corrected chi connectivity index (χ2v) is 12.4. The second kappa shape index (κ2) is 13.3. The van der Waals surface area contributed by atoms with Crippen molar-refractivity contribution >= 4 is 61.1 Å². The number of carbonyl (C=O) groups excluding carboxylic acids is 1. The number of hydrogen-bond acceptors (Lipinski definition) is 5. The molecule has 0 aromatic heterocycles. The normalized spacial score (nSPS) is 18.1. The molecule has 2 aromatic rings. The first-order valence-electron chi connectivity index (χ1n) is 12.2. The van der Waals surface area contributed by atoms with E-state index >= 15 is 0 Å². The van der Waals surface area contributed by atoms with Crippen LogP contribution in [0.3, 0.4) is 0 Å². The van der Waals surface area contributed by atoms with Crippen LogP contribution in [-0.4, -0.2) is 66.9 Å². The minimum atomic E-state index is -0.101. The summed E-state index contributed by atoms with van der Waals surface area (Å²) in [6.45, 7) is 9.49. The quantitative estimate of drug-likeness (QED) is 0.347. The van der Waals surface area contributed by atoms with Crippen LogP contribution in [0.1, 0.15) is 41.3 Å². The molecular weight excluding hydrogens is 614 g/mol. The van der Waals surface area contributed by atoms with Crippen LogP contribution in [0.25, 0.3) is 0 Å². The van der Waals surface area contributed by atoms with Gasteiger partial charge >= 0.3 is 0 Å². The van der Waals surface area contributed by atoms with Gasteiger partial charge < -0.3 is 10.1 Å². The average molecular weight is 646 g/mol. The van der Waals surface area contributed by atoms with Crippen molar-refractivity contribution in [3.8, 4) is 0 Å². The molecule has 2 aliphatic rings. The number of nitrogens with zero attached hydrogens (tertiary/aromatic N) is 2. The van der Waals surface area contributed by atoms with Crippen molar-refractivity contribution in [1.82, 2.24) is 15.1 Å². The van der Waals surface area contributed by atoms with E-state index < -0.39 is 0 Å².